The maximum atomic E-state index is 9.17. The first-order valence-electron chi connectivity index (χ1n) is 4.69. The monoisotopic (exact) mass is 196 g/mol. The van der Waals surface area contributed by atoms with Gasteiger partial charge < -0.3 is 14.6 Å². The average molecular weight is 196 g/mol. The summed E-state index contributed by atoms with van der Waals surface area (Å²) in [5.74, 6) is 0.824. The minimum Gasteiger partial charge on any atom is -0.497 e. The van der Waals surface area contributed by atoms with E-state index in [9.17, 15) is 5.11 Å². The highest BCUT2D eigenvalue weighted by molar-refractivity contribution is 5.26. The molecule has 14 heavy (non-hydrogen) atoms. The van der Waals surface area contributed by atoms with Gasteiger partial charge in [0.05, 0.1) is 13.7 Å². The van der Waals surface area contributed by atoms with Crippen LogP contribution in [0.3, 0.4) is 0 Å². The molecule has 1 atom stereocenters. The molecule has 0 aliphatic carbocycles. The number of aliphatic hydroxyl groups is 1. The molecule has 0 aromatic heterocycles. The third-order valence-corrected chi connectivity index (χ3v) is 1.95. The second-order valence-electron chi connectivity index (χ2n) is 3.02. The number of hydrogen-bond acceptors (Lipinski definition) is 3. The van der Waals surface area contributed by atoms with Gasteiger partial charge in [0.1, 0.15) is 5.75 Å². The molecule has 0 heterocycles. The van der Waals surface area contributed by atoms with Crippen LogP contribution in [0.1, 0.15) is 18.9 Å². The Morgan fingerprint density at radius 1 is 1.29 bits per heavy atom. The molecular weight excluding hydrogens is 180 g/mol. The van der Waals surface area contributed by atoms with Gasteiger partial charge in [0.25, 0.3) is 0 Å². The SMILES string of the molecule is CCC(O)OCc1ccc(OC)cc1. The third kappa shape index (κ3) is 3.36. The quantitative estimate of drug-likeness (QED) is 0.731. The Balaban J connectivity index is 2.43. The third-order valence-electron chi connectivity index (χ3n) is 1.95. The number of ether oxygens (including phenoxy) is 2. The Hall–Kier alpha value is -1.06. The predicted molar refractivity (Wildman–Crippen MR) is 54.1 cm³/mol. The van der Waals surface area contributed by atoms with Gasteiger partial charge in [-0.05, 0) is 24.1 Å². The van der Waals surface area contributed by atoms with Crippen LogP contribution in [0.5, 0.6) is 5.75 Å². The van der Waals surface area contributed by atoms with Crippen molar-refractivity contribution in [3.05, 3.63) is 29.8 Å². The summed E-state index contributed by atoms with van der Waals surface area (Å²) in [5, 5.41) is 9.17. The van der Waals surface area contributed by atoms with Crippen LogP contribution in [0.4, 0.5) is 0 Å². The van der Waals surface area contributed by atoms with E-state index in [0.29, 0.717) is 13.0 Å². The Morgan fingerprint density at radius 2 is 1.93 bits per heavy atom. The standard InChI is InChI=1S/C11H16O3/c1-3-11(12)14-8-9-4-6-10(13-2)7-5-9/h4-7,11-12H,3,8H2,1-2H3. The van der Waals surface area contributed by atoms with Crippen molar-refractivity contribution >= 4 is 0 Å². The molecule has 0 bridgehead atoms. The number of benzene rings is 1. The summed E-state index contributed by atoms with van der Waals surface area (Å²) in [6.45, 7) is 2.30. The van der Waals surface area contributed by atoms with Gasteiger partial charge in [-0.2, -0.15) is 0 Å². The molecule has 1 N–H and O–H groups in total. The molecule has 0 amide bonds. The second-order valence-corrected chi connectivity index (χ2v) is 3.02. The molecule has 0 radical (unpaired) electrons. The van der Waals surface area contributed by atoms with Gasteiger partial charge in [-0.25, -0.2) is 0 Å². The normalized spacial score (nSPS) is 12.5. The average Bonchev–Trinajstić information content (AvgIpc) is 2.26. The van der Waals surface area contributed by atoms with Crippen molar-refractivity contribution in [2.75, 3.05) is 7.11 Å². The van der Waals surface area contributed by atoms with Gasteiger partial charge in [-0.15, -0.1) is 0 Å². The van der Waals surface area contributed by atoms with Crippen molar-refractivity contribution in [1.82, 2.24) is 0 Å². The van der Waals surface area contributed by atoms with Crippen molar-refractivity contribution in [3.8, 4) is 5.75 Å². The molecular formula is C11H16O3. The van der Waals surface area contributed by atoms with Crippen molar-refractivity contribution in [2.45, 2.75) is 26.2 Å². The molecule has 1 aromatic rings. The highest BCUT2D eigenvalue weighted by atomic mass is 16.6. The summed E-state index contributed by atoms with van der Waals surface area (Å²) in [7, 11) is 1.63. The van der Waals surface area contributed by atoms with Crippen molar-refractivity contribution < 1.29 is 14.6 Å². The summed E-state index contributed by atoms with van der Waals surface area (Å²) in [6, 6.07) is 7.58. The summed E-state index contributed by atoms with van der Waals surface area (Å²) >= 11 is 0. The van der Waals surface area contributed by atoms with E-state index in [-0.39, 0.29) is 0 Å². The zero-order valence-corrected chi connectivity index (χ0v) is 8.56. The van der Waals surface area contributed by atoms with Gasteiger partial charge in [0, 0.05) is 0 Å². The van der Waals surface area contributed by atoms with E-state index in [0.717, 1.165) is 11.3 Å². The lowest BCUT2D eigenvalue weighted by atomic mass is 10.2. The number of methoxy groups -OCH3 is 1. The highest BCUT2D eigenvalue weighted by Gasteiger charge is 2.00. The fourth-order valence-electron chi connectivity index (χ4n) is 1.03. The lowest BCUT2D eigenvalue weighted by Gasteiger charge is -2.09. The van der Waals surface area contributed by atoms with Crippen LogP contribution in [0.25, 0.3) is 0 Å². The van der Waals surface area contributed by atoms with Crippen LogP contribution < -0.4 is 4.74 Å². The van der Waals surface area contributed by atoms with Gasteiger partial charge in [-0.1, -0.05) is 19.1 Å². The summed E-state index contributed by atoms with van der Waals surface area (Å²) in [6.07, 6.45) is -0.0621. The molecule has 0 saturated heterocycles. The second kappa shape index (κ2) is 5.62. The van der Waals surface area contributed by atoms with Crippen molar-refractivity contribution in [1.29, 1.82) is 0 Å². The van der Waals surface area contributed by atoms with Crippen LogP contribution in [0, 0.1) is 0 Å². The number of hydrogen-bond donors (Lipinski definition) is 1. The molecule has 1 rings (SSSR count). The van der Waals surface area contributed by atoms with Gasteiger partial charge >= 0.3 is 0 Å². The summed E-state index contributed by atoms with van der Waals surface area (Å²) in [5.41, 5.74) is 1.03. The van der Waals surface area contributed by atoms with E-state index in [1.165, 1.54) is 0 Å². The summed E-state index contributed by atoms with van der Waals surface area (Å²) in [4.78, 5) is 0. The Bertz CT molecular complexity index is 256. The molecule has 0 aliphatic rings. The van der Waals surface area contributed by atoms with E-state index in [4.69, 9.17) is 9.47 Å². The molecule has 1 unspecified atom stereocenters. The topological polar surface area (TPSA) is 38.7 Å². The van der Waals surface area contributed by atoms with Crippen LogP contribution in [-0.4, -0.2) is 18.5 Å². The van der Waals surface area contributed by atoms with E-state index in [1.807, 2.05) is 31.2 Å². The van der Waals surface area contributed by atoms with E-state index in [2.05, 4.69) is 0 Å². The van der Waals surface area contributed by atoms with Gasteiger partial charge in [-0.3, -0.25) is 0 Å². The predicted octanol–water partition coefficient (Wildman–Crippen LogP) is 1.94. The fraction of sp³-hybridized carbons (Fsp3) is 0.455. The van der Waals surface area contributed by atoms with Crippen molar-refractivity contribution in [3.63, 3.8) is 0 Å². The smallest absolute Gasteiger partial charge is 0.154 e. The lowest BCUT2D eigenvalue weighted by molar-refractivity contribution is -0.109. The molecule has 1 aromatic carbocycles. The molecule has 0 saturated carbocycles. The number of rotatable bonds is 5. The minimum atomic E-state index is -0.669. The Kier molecular flexibility index (Phi) is 4.43. The lowest BCUT2D eigenvalue weighted by Crippen LogP contribution is -2.09. The van der Waals surface area contributed by atoms with Gasteiger partial charge in [0.2, 0.25) is 0 Å². The first-order valence-corrected chi connectivity index (χ1v) is 4.69. The zero-order chi connectivity index (χ0) is 10.4. The minimum absolute atomic E-state index is 0.430. The molecule has 0 spiro atoms. The Morgan fingerprint density at radius 3 is 2.43 bits per heavy atom. The largest absolute Gasteiger partial charge is 0.497 e. The molecule has 3 heteroatoms. The molecule has 0 fully saturated rings. The van der Waals surface area contributed by atoms with Gasteiger partial charge in [0.15, 0.2) is 6.29 Å². The molecule has 78 valence electrons. The molecule has 0 aliphatic heterocycles. The molecule has 3 nitrogen and oxygen atoms in total. The van der Waals surface area contributed by atoms with Crippen LogP contribution >= 0.6 is 0 Å². The zero-order valence-electron chi connectivity index (χ0n) is 8.56. The maximum Gasteiger partial charge on any atom is 0.154 e. The highest BCUT2D eigenvalue weighted by Crippen LogP contribution is 2.12. The fourth-order valence-corrected chi connectivity index (χ4v) is 1.03. The Labute approximate surface area is 84.3 Å². The maximum absolute atomic E-state index is 9.17. The first-order chi connectivity index (χ1) is 6.76. The number of aliphatic hydroxyl groups excluding tert-OH is 1. The summed E-state index contributed by atoms with van der Waals surface area (Å²) < 4.78 is 10.2. The van der Waals surface area contributed by atoms with E-state index >= 15 is 0 Å². The van der Waals surface area contributed by atoms with Crippen LogP contribution in [0.15, 0.2) is 24.3 Å². The first kappa shape index (κ1) is 11.0. The van der Waals surface area contributed by atoms with Crippen molar-refractivity contribution in [2.24, 2.45) is 0 Å². The van der Waals surface area contributed by atoms with Crippen LogP contribution in [0.2, 0.25) is 0 Å². The van der Waals surface area contributed by atoms with E-state index < -0.39 is 6.29 Å². The van der Waals surface area contributed by atoms with E-state index in [1.54, 1.807) is 7.11 Å². The van der Waals surface area contributed by atoms with Crippen LogP contribution in [-0.2, 0) is 11.3 Å².